The Hall–Kier alpha value is -3.62. The maximum Gasteiger partial charge on any atom is 0.236 e. The number of hydrogen-bond acceptors (Lipinski definition) is 9. The molecule has 4 N–H and O–H groups in total. The standard InChI is InChI=1S/C22H20N6O4/c23-8-16-26-20(24-9-13-6-3-5-12-4-1-2-7-14(12)13)17-21(27-16)28(11-25-17)22-19(31)18(30)15(10-29)32-22/h1-7,11,15,18-19,22,29-31H,9-10H2,(H,24,26,27)/t15-,18-,19-,22-/m1/s1. The van der Waals surface area contributed by atoms with E-state index in [4.69, 9.17) is 4.74 Å². The Balaban J connectivity index is 1.51. The minimum Gasteiger partial charge on any atom is -0.394 e. The second-order valence-corrected chi connectivity index (χ2v) is 7.55. The normalized spacial score (nSPS) is 22.9. The van der Waals surface area contributed by atoms with Gasteiger partial charge in [0.2, 0.25) is 5.82 Å². The SMILES string of the molecule is N#Cc1nc(NCc2cccc3ccccc23)c2ncn([C@@H]3O[C@H](CO)[C@@H](O)[C@H]3O)c2n1. The Morgan fingerprint density at radius 2 is 1.91 bits per heavy atom. The van der Waals surface area contributed by atoms with Crippen LogP contribution < -0.4 is 5.32 Å². The van der Waals surface area contributed by atoms with Crippen LogP contribution in [-0.4, -0.2) is 59.8 Å². The van der Waals surface area contributed by atoms with Gasteiger partial charge in [0.1, 0.15) is 24.4 Å². The van der Waals surface area contributed by atoms with Gasteiger partial charge in [-0.25, -0.2) is 4.98 Å². The highest BCUT2D eigenvalue weighted by atomic mass is 16.6. The molecule has 1 aliphatic heterocycles. The number of anilines is 1. The summed E-state index contributed by atoms with van der Waals surface area (Å²) in [6.07, 6.45) is -3.10. The first-order valence-electron chi connectivity index (χ1n) is 10.1. The Morgan fingerprint density at radius 1 is 1.09 bits per heavy atom. The minimum atomic E-state index is -1.29. The van der Waals surface area contributed by atoms with Gasteiger partial charge in [-0.2, -0.15) is 15.2 Å². The van der Waals surface area contributed by atoms with Gasteiger partial charge in [-0.1, -0.05) is 42.5 Å². The maximum absolute atomic E-state index is 10.4. The Bertz CT molecular complexity index is 1330. The second kappa shape index (κ2) is 8.14. The summed E-state index contributed by atoms with van der Waals surface area (Å²) in [4.78, 5) is 12.8. The molecule has 0 unspecified atom stereocenters. The van der Waals surface area contributed by atoms with Crippen LogP contribution in [-0.2, 0) is 11.3 Å². The molecule has 2 aromatic carbocycles. The van der Waals surface area contributed by atoms with Gasteiger partial charge in [0, 0.05) is 6.54 Å². The van der Waals surface area contributed by atoms with Gasteiger partial charge in [0.15, 0.2) is 23.2 Å². The van der Waals surface area contributed by atoms with Crippen LogP contribution in [0.2, 0.25) is 0 Å². The van der Waals surface area contributed by atoms with Crippen LogP contribution in [0.5, 0.6) is 0 Å². The number of nitrogens with zero attached hydrogens (tertiary/aromatic N) is 5. The monoisotopic (exact) mass is 432 g/mol. The molecule has 4 atom stereocenters. The number of imidazole rings is 1. The quantitative estimate of drug-likeness (QED) is 0.363. The fraction of sp³-hybridized carbons (Fsp3) is 0.273. The van der Waals surface area contributed by atoms with E-state index < -0.39 is 31.1 Å². The molecule has 4 aromatic rings. The first-order chi connectivity index (χ1) is 15.6. The summed E-state index contributed by atoms with van der Waals surface area (Å²) in [5, 5.41) is 44.7. The molecule has 0 bridgehead atoms. The Kier molecular flexibility index (Phi) is 5.16. The van der Waals surface area contributed by atoms with Crippen molar-refractivity contribution in [1.82, 2.24) is 19.5 Å². The van der Waals surface area contributed by atoms with E-state index in [1.54, 1.807) is 0 Å². The summed E-state index contributed by atoms with van der Waals surface area (Å²) in [6.45, 7) is -0.00330. The van der Waals surface area contributed by atoms with E-state index in [1.165, 1.54) is 10.9 Å². The van der Waals surface area contributed by atoms with Crippen molar-refractivity contribution >= 4 is 27.8 Å². The van der Waals surface area contributed by atoms with Crippen molar-refractivity contribution in [1.29, 1.82) is 5.26 Å². The maximum atomic E-state index is 10.4. The molecule has 5 rings (SSSR count). The molecule has 10 heteroatoms. The first kappa shape index (κ1) is 20.3. The molecule has 0 radical (unpaired) electrons. The predicted molar refractivity (Wildman–Crippen MR) is 114 cm³/mol. The third-order valence-electron chi connectivity index (χ3n) is 5.64. The zero-order valence-corrected chi connectivity index (χ0v) is 16.8. The molecule has 1 fully saturated rings. The van der Waals surface area contributed by atoms with Crippen LogP contribution in [0.3, 0.4) is 0 Å². The van der Waals surface area contributed by atoms with E-state index in [2.05, 4.69) is 20.3 Å². The molecule has 2 aromatic heterocycles. The van der Waals surface area contributed by atoms with E-state index >= 15 is 0 Å². The highest BCUT2D eigenvalue weighted by Crippen LogP contribution is 2.32. The summed E-state index contributed by atoms with van der Waals surface area (Å²) >= 11 is 0. The van der Waals surface area contributed by atoms with E-state index in [0.29, 0.717) is 17.9 Å². The second-order valence-electron chi connectivity index (χ2n) is 7.55. The number of benzene rings is 2. The molecule has 3 heterocycles. The third-order valence-corrected chi connectivity index (χ3v) is 5.64. The fourth-order valence-electron chi connectivity index (χ4n) is 4.01. The summed E-state index contributed by atoms with van der Waals surface area (Å²) in [5.74, 6) is 0.288. The minimum absolute atomic E-state index is 0.0774. The van der Waals surface area contributed by atoms with Crippen molar-refractivity contribution in [3.63, 3.8) is 0 Å². The Morgan fingerprint density at radius 3 is 2.69 bits per heavy atom. The topological polar surface area (TPSA) is 149 Å². The molecule has 1 aliphatic rings. The number of nitrogens with one attached hydrogen (secondary N) is 1. The molecule has 0 saturated carbocycles. The first-order valence-corrected chi connectivity index (χ1v) is 10.1. The predicted octanol–water partition coefficient (Wildman–Crippen LogP) is 1.07. The van der Waals surface area contributed by atoms with Gasteiger partial charge in [-0.05, 0) is 16.3 Å². The van der Waals surface area contributed by atoms with Crippen molar-refractivity contribution in [2.75, 3.05) is 11.9 Å². The number of rotatable bonds is 5. The average molecular weight is 432 g/mol. The third kappa shape index (κ3) is 3.34. The van der Waals surface area contributed by atoms with E-state index in [0.717, 1.165) is 16.3 Å². The molecule has 162 valence electrons. The van der Waals surface area contributed by atoms with Crippen LogP contribution in [0.4, 0.5) is 5.82 Å². The molecular weight excluding hydrogens is 412 g/mol. The highest BCUT2D eigenvalue weighted by Gasteiger charge is 2.44. The zero-order chi connectivity index (χ0) is 22.2. The van der Waals surface area contributed by atoms with Gasteiger partial charge < -0.3 is 25.4 Å². The van der Waals surface area contributed by atoms with Gasteiger partial charge in [-0.3, -0.25) is 4.57 Å². The lowest BCUT2D eigenvalue weighted by molar-refractivity contribution is -0.0511. The number of nitriles is 1. The van der Waals surface area contributed by atoms with E-state index in [1.807, 2.05) is 48.5 Å². The summed E-state index contributed by atoms with van der Waals surface area (Å²) in [5.41, 5.74) is 1.71. The van der Waals surface area contributed by atoms with E-state index in [9.17, 15) is 20.6 Å². The van der Waals surface area contributed by atoms with Crippen molar-refractivity contribution < 1.29 is 20.1 Å². The van der Waals surface area contributed by atoms with Crippen LogP contribution >= 0.6 is 0 Å². The lowest BCUT2D eigenvalue weighted by atomic mass is 10.0. The van der Waals surface area contributed by atoms with Crippen LogP contribution in [0.15, 0.2) is 48.8 Å². The summed E-state index contributed by atoms with van der Waals surface area (Å²) in [6, 6.07) is 16.0. The molecule has 0 spiro atoms. The zero-order valence-electron chi connectivity index (χ0n) is 16.8. The van der Waals surface area contributed by atoms with Crippen LogP contribution in [0.25, 0.3) is 21.9 Å². The molecule has 10 nitrogen and oxygen atoms in total. The number of ether oxygens (including phenoxy) is 1. The van der Waals surface area contributed by atoms with Gasteiger partial charge in [0.05, 0.1) is 12.9 Å². The molecule has 32 heavy (non-hydrogen) atoms. The molecule has 0 aliphatic carbocycles. The number of fused-ring (bicyclic) bond motifs is 2. The Labute approximate surface area is 182 Å². The smallest absolute Gasteiger partial charge is 0.236 e. The van der Waals surface area contributed by atoms with E-state index in [-0.39, 0.29) is 11.5 Å². The van der Waals surface area contributed by atoms with Gasteiger partial charge >= 0.3 is 0 Å². The molecule has 0 amide bonds. The summed E-state index contributed by atoms with van der Waals surface area (Å²) in [7, 11) is 0. The van der Waals surface area contributed by atoms with Gasteiger partial charge in [-0.15, -0.1) is 0 Å². The molecule has 1 saturated heterocycles. The number of hydrogen-bond donors (Lipinski definition) is 4. The van der Waals surface area contributed by atoms with Gasteiger partial charge in [0.25, 0.3) is 0 Å². The highest BCUT2D eigenvalue weighted by molar-refractivity contribution is 5.87. The average Bonchev–Trinajstić information content (AvgIpc) is 3.37. The van der Waals surface area contributed by atoms with Crippen LogP contribution in [0, 0.1) is 11.3 Å². The lowest BCUT2D eigenvalue weighted by Gasteiger charge is -2.16. The number of aliphatic hydroxyl groups is 3. The molecular formula is C22H20N6O4. The van der Waals surface area contributed by atoms with Crippen molar-refractivity contribution in [3.05, 3.63) is 60.2 Å². The largest absolute Gasteiger partial charge is 0.394 e. The fourth-order valence-corrected chi connectivity index (χ4v) is 4.01. The van der Waals surface area contributed by atoms with Crippen LogP contribution in [0.1, 0.15) is 17.6 Å². The van der Waals surface area contributed by atoms with Crippen molar-refractivity contribution in [2.45, 2.75) is 31.1 Å². The number of aliphatic hydroxyl groups excluding tert-OH is 3. The van der Waals surface area contributed by atoms with Crippen molar-refractivity contribution in [3.8, 4) is 6.07 Å². The summed E-state index contributed by atoms with van der Waals surface area (Å²) < 4.78 is 7.02. The van der Waals surface area contributed by atoms with Crippen molar-refractivity contribution in [2.24, 2.45) is 0 Å². The number of aromatic nitrogens is 4. The lowest BCUT2D eigenvalue weighted by Crippen LogP contribution is -2.33.